The van der Waals surface area contributed by atoms with E-state index in [0.29, 0.717) is 6.54 Å². The largest absolute Gasteiger partial charge is 0.506 e. The van der Waals surface area contributed by atoms with Crippen molar-refractivity contribution in [3.05, 3.63) is 48.3 Å². The van der Waals surface area contributed by atoms with Crippen LogP contribution in [0.1, 0.15) is 5.69 Å². The van der Waals surface area contributed by atoms with Crippen molar-refractivity contribution in [2.45, 2.75) is 6.54 Å². The molecule has 0 atom stereocenters. The summed E-state index contributed by atoms with van der Waals surface area (Å²) < 4.78 is 5.12. The molecule has 0 spiro atoms. The molecule has 1 heterocycles. The number of pyridine rings is 1. The van der Waals surface area contributed by atoms with E-state index in [1.807, 2.05) is 37.4 Å². The second-order valence-corrected chi connectivity index (χ2v) is 4.06. The monoisotopic (exact) mass is 244 g/mol. The van der Waals surface area contributed by atoms with Gasteiger partial charge in [-0.3, -0.25) is 4.98 Å². The first-order chi connectivity index (χ1) is 8.69. The van der Waals surface area contributed by atoms with Crippen LogP contribution in [-0.4, -0.2) is 24.2 Å². The van der Waals surface area contributed by atoms with Crippen molar-refractivity contribution in [1.29, 1.82) is 0 Å². The number of anilines is 1. The highest BCUT2D eigenvalue weighted by atomic mass is 16.5. The summed E-state index contributed by atoms with van der Waals surface area (Å²) in [7, 11) is 3.65. The Bertz CT molecular complexity index is 494. The molecule has 2 rings (SSSR count). The normalized spacial score (nSPS) is 10.1. The summed E-state index contributed by atoms with van der Waals surface area (Å²) in [5.74, 6) is 1.03. The minimum atomic E-state index is 0.186. The molecule has 18 heavy (non-hydrogen) atoms. The Labute approximate surface area is 106 Å². The zero-order valence-corrected chi connectivity index (χ0v) is 10.5. The van der Waals surface area contributed by atoms with E-state index in [1.165, 1.54) is 6.20 Å². The van der Waals surface area contributed by atoms with Gasteiger partial charge in [0.15, 0.2) is 0 Å². The highest BCUT2D eigenvalue weighted by Crippen LogP contribution is 2.19. The molecule has 2 aromatic rings. The summed E-state index contributed by atoms with van der Waals surface area (Å²) in [6.45, 7) is 0.687. The molecule has 0 saturated heterocycles. The van der Waals surface area contributed by atoms with Crippen molar-refractivity contribution >= 4 is 5.69 Å². The van der Waals surface area contributed by atoms with Crippen LogP contribution in [-0.2, 0) is 6.54 Å². The van der Waals surface area contributed by atoms with E-state index in [4.69, 9.17) is 4.74 Å². The van der Waals surface area contributed by atoms with Crippen LogP contribution in [0.15, 0.2) is 42.6 Å². The molecular weight excluding hydrogens is 228 g/mol. The maximum Gasteiger partial charge on any atom is 0.133 e. The van der Waals surface area contributed by atoms with Gasteiger partial charge < -0.3 is 14.7 Å². The molecule has 0 fully saturated rings. The van der Waals surface area contributed by atoms with E-state index < -0.39 is 0 Å². The van der Waals surface area contributed by atoms with E-state index in [0.717, 1.165) is 17.1 Å². The summed E-state index contributed by atoms with van der Waals surface area (Å²) in [4.78, 5) is 6.24. The quantitative estimate of drug-likeness (QED) is 0.897. The lowest BCUT2D eigenvalue weighted by Gasteiger charge is -2.19. The maximum absolute atomic E-state index is 9.18. The van der Waals surface area contributed by atoms with Gasteiger partial charge in [-0.1, -0.05) is 0 Å². The predicted octanol–water partition coefficient (Wildman–Crippen LogP) is 2.43. The van der Waals surface area contributed by atoms with Crippen LogP contribution in [0.2, 0.25) is 0 Å². The van der Waals surface area contributed by atoms with Gasteiger partial charge in [-0.05, 0) is 36.4 Å². The minimum Gasteiger partial charge on any atom is -0.506 e. The Morgan fingerprint density at radius 3 is 2.44 bits per heavy atom. The fourth-order valence-corrected chi connectivity index (χ4v) is 1.68. The van der Waals surface area contributed by atoms with Gasteiger partial charge in [-0.25, -0.2) is 0 Å². The van der Waals surface area contributed by atoms with Crippen molar-refractivity contribution in [2.24, 2.45) is 0 Å². The molecule has 0 aliphatic rings. The molecule has 0 bridgehead atoms. The van der Waals surface area contributed by atoms with Gasteiger partial charge in [0, 0.05) is 12.7 Å². The van der Waals surface area contributed by atoms with Crippen LogP contribution >= 0.6 is 0 Å². The van der Waals surface area contributed by atoms with E-state index in [9.17, 15) is 5.11 Å². The van der Waals surface area contributed by atoms with E-state index in [2.05, 4.69) is 9.88 Å². The number of benzene rings is 1. The lowest BCUT2D eigenvalue weighted by atomic mass is 10.2. The molecule has 0 aliphatic carbocycles. The summed E-state index contributed by atoms with van der Waals surface area (Å²) in [5, 5.41) is 9.18. The number of nitrogens with zero attached hydrogens (tertiary/aromatic N) is 2. The second-order valence-electron chi connectivity index (χ2n) is 4.06. The molecule has 4 nitrogen and oxygen atoms in total. The Morgan fingerprint density at radius 1 is 1.17 bits per heavy atom. The minimum absolute atomic E-state index is 0.186. The van der Waals surface area contributed by atoms with Crippen molar-refractivity contribution in [3.8, 4) is 11.5 Å². The summed E-state index contributed by atoms with van der Waals surface area (Å²) in [5.41, 5.74) is 2.00. The van der Waals surface area contributed by atoms with Gasteiger partial charge in [0.2, 0.25) is 0 Å². The first-order valence-electron chi connectivity index (χ1n) is 5.68. The van der Waals surface area contributed by atoms with Crippen molar-refractivity contribution in [3.63, 3.8) is 0 Å². The zero-order chi connectivity index (χ0) is 13.0. The van der Waals surface area contributed by atoms with Crippen LogP contribution in [0, 0.1) is 0 Å². The Balaban J connectivity index is 2.06. The first kappa shape index (κ1) is 12.2. The number of aromatic hydroxyl groups is 1. The molecule has 0 saturated carbocycles. The van der Waals surface area contributed by atoms with Crippen LogP contribution in [0.3, 0.4) is 0 Å². The smallest absolute Gasteiger partial charge is 0.133 e. The Kier molecular flexibility index (Phi) is 3.67. The Morgan fingerprint density at radius 2 is 1.89 bits per heavy atom. The third-order valence-electron chi connectivity index (χ3n) is 2.72. The molecular formula is C14H16N2O2. The number of methoxy groups -OCH3 is 1. The summed E-state index contributed by atoms with van der Waals surface area (Å²) >= 11 is 0. The van der Waals surface area contributed by atoms with Gasteiger partial charge in [-0.15, -0.1) is 0 Å². The number of rotatable bonds is 4. The first-order valence-corrected chi connectivity index (χ1v) is 5.68. The van der Waals surface area contributed by atoms with E-state index in [-0.39, 0.29) is 5.75 Å². The SMILES string of the molecule is COc1ccc(N(C)Cc2ccc(O)cn2)cc1. The number of hydrogen-bond donors (Lipinski definition) is 1. The van der Waals surface area contributed by atoms with Gasteiger partial charge in [0.25, 0.3) is 0 Å². The third kappa shape index (κ3) is 2.91. The molecule has 0 amide bonds. The van der Waals surface area contributed by atoms with Crippen LogP contribution in [0.4, 0.5) is 5.69 Å². The van der Waals surface area contributed by atoms with Crippen molar-refractivity contribution in [2.75, 3.05) is 19.1 Å². The van der Waals surface area contributed by atoms with E-state index >= 15 is 0 Å². The van der Waals surface area contributed by atoms with Crippen LogP contribution < -0.4 is 9.64 Å². The lowest BCUT2D eigenvalue weighted by Crippen LogP contribution is -2.16. The van der Waals surface area contributed by atoms with Crippen LogP contribution in [0.5, 0.6) is 11.5 Å². The molecule has 0 radical (unpaired) electrons. The fraction of sp³-hybridized carbons (Fsp3) is 0.214. The predicted molar refractivity (Wildman–Crippen MR) is 71.0 cm³/mol. The second kappa shape index (κ2) is 5.40. The zero-order valence-electron chi connectivity index (χ0n) is 10.5. The molecule has 94 valence electrons. The number of ether oxygens (including phenoxy) is 1. The maximum atomic E-state index is 9.18. The highest BCUT2D eigenvalue weighted by Gasteiger charge is 2.03. The molecule has 1 N–H and O–H groups in total. The topological polar surface area (TPSA) is 45.6 Å². The van der Waals surface area contributed by atoms with Crippen LogP contribution in [0.25, 0.3) is 0 Å². The standard InChI is InChI=1S/C14H16N2O2/c1-16(10-11-3-6-13(17)9-15-11)12-4-7-14(18-2)8-5-12/h3-9,17H,10H2,1-2H3. The number of aromatic nitrogens is 1. The molecule has 1 aromatic heterocycles. The molecule has 4 heteroatoms. The highest BCUT2D eigenvalue weighted by molar-refractivity contribution is 5.48. The van der Waals surface area contributed by atoms with E-state index in [1.54, 1.807) is 13.2 Å². The van der Waals surface area contributed by atoms with Gasteiger partial charge in [0.1, 0.15) is 11.5 Å². The average Bonchev–Trinajstić information content (AvgIpc) is 2.41. The summed E-state index contributed by atoms with van der Waals surface area (Å²) in [6, 6.07) is 11.3. The summed E-state index contributed by atoms with van der Waals surface area (Å²) in [6.07, 6.45) is 1.46. The lowest BCUT2D eigenvalue weighted by molar-refractivity contribution is 0.415. The Hall–Kier alpha value is -2.23. The van der Waals surface area contributed by atoms with Gasteiger partial charge in [0.05, 0.1) is 25.5 Å². The van der Waals surface area contributed by atoms with Crippen molar-refractivity contribution in [1.82, 2.24) is 4.98 Å². The molecule has 0 aliphatic heterocycles. The van der Waals surface area contributed by atoms with Crippen molar-refractivity contribution < 1.29 is 9.84 Å². The molecule has 1 aromatic carbocycles. The van der Waals surface area contributed by atoms with Gasteiger partial charge in [-0.2, -0.15) is 0 Å². The fourth-order valence-electron chi connectivity index (χ4n) is 1.68. The average molecular weight is 244 g/mol. The third-order valence-corrected chi connectivity index (χ3v) is 2.72. The van der Waals surface area contributed by atoms with Gasteiger partial charge >= 0.3 is 0 Å². The molecule has 0 unspecified atom stereocenters. The number of hydrogen-bond acceptors (Lipinski definition) is 4.